The Morgan fingerprint density at radius 2 is 2.20 bits per heavy atom. The van der Waals surface area contributed by atoms with Crippen molar-refractivity contribution < 1.29 is 23.8 Å². The molecule has 114 valence electrons. The maximum absolute atomic E-state index is 12.3. The zero-order valence-electron chi connectivity index (χ0n) is 12.6. The van der Waals surface area contributed by atoms with Crippen LogP contribution in [-0.2, 0) is 23.8 Å². The van der Waals surface area contributed by atoms with E-state index in [9.17, 15) is 9.59 Å². The van der Waals surface area contributed by atoms with Crippen molar-refractivity contribution in [3.63, 3.8) is 0 Å². The van der Waals surface area contributed by atoms with Crippen LogP contribution in [0.15, 0.2) is 0 Å². The fraction of sp³-hybridized carbons (Fsp3) is 0.867. The molecular weight excluding hydrogens is 260 g/mol. The van der Waals surface area contributed by atoms with Gasteiger partial charge in [-0.3, -0.25) is 9.59 Å². The minimum absolute atomic E-state index is 0.0736. The van der Waals surface area contributed by atoms with Crippen LogP contribution in [0.25, 0.3) is 0 Å². The number of esters is 1. The van der Waals surface area contributed by atoms with Gasteiger partial charge in [-0.25, -0.2) is 0 Å². The number of ether oxygens (including phenoxy) is 3. The van der Waals surface area contributed by atoms with E-state index in [1.165, 1.54) is 0 Å². The van der Waals surface area contributed by atoms with E-state index in [0.717, 1.165) is 12.8 Å². The molecule has 0 radical (unpaired) electrons. The Labute approximate surface area is 120 Å². The summed E-state index contributed by atoms with van der Waals surface area (Å²) >= 11 is 0. The van der Waals surface area contributed by atoms with Gasteiger partial charge in [0.2, 0.25) is 0 Å². The molecular formula is C15H24O5. The van der Waals surface area contributed by atoms with Crippen LogP contribution in [0.2, 0.25) is 0 Å². The lowest BCUT2D eigenvalue weighted by Gasteiger charge is -2.35. The summed E-state index contributed by atoms with van der Waals surface area (Å²) < 4.78 is 16.5. The Balaban J connectivity index is 2.15. The van der Waals surface area contributed by atoms with Gasteiger partial charge in [0.25, 0.3) is 0 Å². The smallest absolute Gasteiger partial charge is 0.322 e. The lowest BCUT2D eigenvalue weighted by Crippen LogP contribution is -2.50. The van der Waals surface area contributed by atoms with Crippen molar-refractivity contribution in [1.29, 1.82) is 0 Å². The molecule has 0 N–H and O–H groups in total. The van der Waals surface area contributed by atoms with Crippen molar-refractivity contribution in [1.82, 2.24) is 0 Å². The molecule has 2 unspecified atom stereocenters. The summed E-state index contributed by atoms with van der Waals surface area (Å²) in [6, 6.07) is 0. The van der Waals surface area contributed by atoms with E-state index in [4.69, 9.17) is 14.2 Å². The van der Waals surface area contributed by atoms with Crippen molar-refractivity contribution in [2.24, 2.45) is 5.41 Å². The molecule has 2 atom stereocenters. The number of rotatable bonds is 4. The van der Waals surface area contributed by atoms with E-state index in [0.29, 0.717) is 13.0 Å². The Hall–Kier alpha value is -0.940. The largest absolute Gasteiger partial charge is 0.465 e. The van der Waals surface area contributed by atoms with E-state index in [1.54, 1.807) is 6.92 Å². The molecule has 0 aliphatic carbocycles. The van der Waals surface area contributed by atoms with Gasteiger partial charge in [0, 0.05) is 6.42 Å². The highest BCUT2D eigenvalue weighted by atomic mass is 16.5. The molecule has 2 aliphatic heterocycles. The second-order valence-corrected chi connectivity index (χ2v) is 6.27. The van der Waals surface area contributed by atoms with Gasteiger partial charge in [-0.15, -0.1) is 0 Å². The third kappa shape index (κ3) is 3.04. The fourth-order valence-corrected chi connectivity index (χ4v) is 3.04. The summed E-state index contributed by atoms with van der Waals surface area (Å²) in [7, 11) is 0. The molecule has 0 aromatic carbocycles. The first-order valence-electron chi connectivity index (χ1n) is 7.36. The number of ketones is 1. The van der Waals surface area contributed by atoms with E-state index >= 15 is 0 Å². The predicted molar refractivity (Wildman–Crippen MR) is 72.3 cm³/mol. The average molecular weight is 284 g/mol. The molecule has 2 rings (SSSR count). The van der Waals surface area contributed by atoms with Gasteiger partial charge in [0.05, 0.1) is 31.5 Å². The van der Waals surface area contributed by atoms with Gasteiger partial charge < -0.3 is 14.2 Å². The van der Waals surface area contributed by atoms with Crippen LogP contribution in [0.5, 0.6) is 0 Å². The Kier molecular flexibility index (Phi) is 4.49. The highest BCUT2D eigenvalue weighted by Gasteiger charge is 2.51. The van der Waals surface area contributed by atoms with Crippen LogP contribution < -0.4 is 0 Å². The second kappa shape index (κ2) is 5.82. The first-order chi connectivity index (χ1) is 9.39. The summed E-state index contributed by atoms with van der Waals surface area (Å²) in [5.74, 6) is -0.534. The third-order valence-corrected chi connectivity index (χ3v) is 4.15. The number of hydrogen-bond acceptors (Lipinski definition) is 5. The van der Waals surface area contributed by atoms with Gasteiger partial charge >= 0.3 is 5.97 Å². The number of Topliss-reactive ketones (excluding diaryl/α,β-unsaturated/α-hetero) is 1. The number of hydrogen-bond donors (Lipinski definition) is 0. The average Bonchev–Trinajstić information content (AvgIpc) is 2.72. The van der Waals surface area contributed by atoms with E-state index in [-0.39, 0.29) is 37.1 Å². The van der Waals surface area contributed by atoms with Gasteiger partial charge in [0.15, 0.2) is 11.2 Å². The molecule has 2 saturated heterocycles. The van der Waals surface area contributed by atoms with Crippen molar-refractivity contribution in [3.8, 4) is 0 Å². The summed E-state index contributed by atoms with van der Waals surface area (Å²) in [5, 5.41) is 0. The Morgan fingerprint density at radius 1 is 1.45 bits per heavy atom. The SMILES string of the molecule is CCOC(=O)C1(CC2CCC(C)(C)O2)COCCC1=O. The van der Waals surface area contributed by atoms with Crippen molar-refractivity contribution >= 4 is 11.8 Å². The standard InChI is InChI=1S/C15H24O5/c1-4-19-13(17)15(10-18-8-6-12(15)16)9-11-5-7-14(2,3)20-11/h11H,4-10H2,1-3H3. The quantitative estimate of drug-likeness (QED) is 0.582. The second-order valence-electron chi connectivity index (χ2n) is 6.27. The van der Waals surface area contributed by atoms with Gasteiger partial charge in [-0.2, -0.15) is 0 Å². The van der Waals surface area contributed by atoms with Crippen molar-refractivity contribution in [2.45, 2.75) is 58.2 Å². The van der Waals surface area contributed by atoms with Crippen LogP contribution in [-0.4, -0.2) is 43.3 Å². The molecule has 0 saturated carbocycles. The predicted octanol–water partition coefficient (Wildman–Crippen LogP) is 1.87. The molecule has 5 nitrogen and oxygen atoms in total. The summed E-state index contributed by atoms with van der Waals surface area (Å²) in [5.41, 5.74) is -1.35. The Morgan fingerprint density at radius 3 is 2.75 bits per heavy atom. The van der Waals surface area contributed by atoms with Crippen LogP contribution in [0.4, 0.5) is 0 Å². The number of carbonyl (C=O) groups excluding carboxylic acids is 2. The summed E-state index contributed by atoms with van der Waals surface area (Å²) in [4.78, 5) is 24.6. The highest BCUT2D eigenvalue weighted by Crippen LogP contribution is 2.39. The topological polar surface area (TPSA) is 61.8 Å². The first-order valence-corrected chi connectivity index (χ1v) is 7.36. The maximum Gasteiger partial charge on any atom is 0.322 e. The fourth-order valence-electron chi connectivity index (χ4n) is 3.04. The first kappa shape index (κ1) is 15.4. The van der Waals surface area contributed by atoms with Gasteiger partial charge in [-0.1, -0.05) is 0 Å². The molecule has 0 aromatic heterocycles. The molecule has 0 spiro atoms. The van der Waals surface area contributed by atoms with Crippen LogP contribution >= 0.6 is 0 Å². The van der Waals surface area contributed by atoms with Gasteiger partial charge in [-0.05, 0) is 40.0 Å². The zero-order chi connectivity index (χ0) is 14.8. The van der Waals surface area contributed by atoms with E-state index in [2.05, 4.69) is 0 Å². The van der Waals surface area contributed by atoms with Crippen LogP contribution in [0.1, 0.15) is 46.5 Å². The normalized spacial score (nSPS) is 33.1. The number of carbonyl (C=O) groups is 2. The summed E-state index contributed by atoms with van der Waals surface area (Å²) in [6.45, 7) is 6.58. The zero-order valence-corrected chi connectivity index (χ0v) is 12.6. The molecule has 2 heterocycles. The third-order valence-electron chi connectivity index (χ3n) is 4.15. The van der Waals surface area contributed by atoms with Crippen LogP contribution in [0.3, 0.4) is 0 Å². The Bertz CT molecular complexity index is 390. The minimum atomic E-state index is -1.17. The highest BCUT2D eigenvalue weighted by molar-refractivity contribution is 6.04. The lowest BCUT2D eigenvalue weighted by atomic mass is 9.76. The molecule has 2 fully saturated rings. The molecule has 0 bridgehead atoms. The monoisotopic (exact) mass is 284 g/mol. The van der Waals surface area contributed by atoms with Crippen molar-refractivity contribution in [3.05, 3.63) is 0 Å². The van der Waals surface area contributed by atoms with E-state index < -0.39 is 11.4 Å². The lowest BCUT2D eigenvalue weighted by molar-refractivity contribution is -0.173. The molecule has 20 heavy (non-hydrogen) atoms. The molecule has 0 amide bonds. The maximum atomic E-state index is 12.3. The summed E-state index contributed by atoms with van der Waals surface area (Å²) in [6.07, 6.45) is 2.36. The van der Waals surface area contributed by atoms with Gasteiger partial charge in [0.1, 0.15) is 0 Å². The molecule has 2 aliphatic rings. The molecule has 5 heteroatoms. The molecule has 0 aromatic rings. The van der Waals surface area contributed by atoms with Crippen molar-refractivity contribution in [2.75, 3.05) is 19.8 Å². The van der Waals surface area contributed by atoms with E-state index in [1.807, 2.05) is 13.8 Å². The van der Waals surface area contributed by atoms with Crippen LogP contribution in [0, 0.1) is 5.41 Å². The minimum Gasteiger partial charge on any atom is -0.465 e.